The molecular formula is C15H35NO3Si. The molecule has 5 heteroatoms. The molecule has 0 radical (unpaired) electrons. The van der Waals surface area contributed by atoms with E-state index in [1.54, 1.807) is 0 Å². The van der Waals surface area contributed by atoms with Gasteiger partial charge in [-0.05, 0) is 53.0 Å². The van der Waals surface area contributed by atoms with Crippen molar-refractivity contribution in [2.24, 2.45) is 5.92 Å². The smallest absolute Gasteiger partial charge is 0.374 e. The first-order valence-electron chi connectivity index (χ1n) is 8.14. The summed E-state index contributed by atoms with van der Waals surface area (Å²) >= 11 is 0. The highest BCUT2D eigenvalue weighted by Crippen LogP contribution is 2.18. The summed E-state index contributed by atoms with van der Waals surface area (Å²) < 4.78 is 17.5. The summed E-state index contributed by atoms with van der Waals surface area (Å²) in [6.45, 7) is 15.7. The van der Waals surface area contributed by atoms with Crippen LogP contribution in [0.15, 0.2) is 0 Å². The van der Waals surface area contributed by atoms with E-state index in [9.17, 15) is 0 Å². The quantitative estimate of drug-likeness (QED) is 0.418. The van der Waals surface area contributed by atoms with Crippen molar-refractivity contribution in [1.29, 1.82) is 0 Å². The van der Waals surface area contributed by atoms with Crippen molar-refractivity contribution in [3.8, 4) is 0 Å². The SMILES string of the molecule is CCO[Si](CCCNC(C)CC(C)C)(OCC)OCC. The summed E-state index contributed by atoms with van der Waals surface area (Å²) in [5.41, 5.74) is 0. The zero-order valence-electron chi connectivity index (χ0n) is 14.3. The van der Waals surface area contributed by atoms with Crippen LogP contribution in [0, 0.1) is 5.92 Å². The highest BCUT2D eigenvalue weighted by molar-refractivity contribution is 6.60. The third kappa shape index (κ3) is 9.08. The van der Waals surface area contributed by atoms with Gasteiger partial charge in [0.1, 0.15) is 0 Å². The van der Waals surface area contributed by atoms with E-state index in [2.05, 4.69) is 26.1 Å². The molecule has 0 saturated carbocycles. The Bertz CT molecular complexity index is 210. The first-order valence-corrected chi connectivity index (χ1v) is 10.1. The van der Waals surface area contributed by atoms with Crippen LogP contribution < -0.4 is 5.32 Å². The van der Waals surface area contributed by atoms with E-state index in [-0.39, 0.29) is 0 Å². The molecule has 1 atom stereocenters. The van der Waals surface area contributed by atoms with Gasteiger partial charge in [0.15, 0.2) is 0 Å². The van der Waals surface area contributed by atoms with E-state index < -0.39 is 8.80 Å². The highest BCUT2D eigenvalue weighted by atomic mass is 28.4. The van der Waals surface area contributed by atoms with Gasteiger partial charge in [0.2, 0.25) is 0 Å². The number of nitrogens with one attached hydrogen (secondary N) is 1. The summed E-state index contributed by atoms with van der Waals surface area (Å²) in [7, 11) is -2.44. The molecule has 0 aromatic heterocycles. The average molecular weight is 306 g/mol. The molecule has 0 aliphatic heterocycles. The molecule has 0 fully saturated rings. The van der Waals surface area contributed by atoms with E-state index in [0.717, 1.165) is 24.9 Å². The number of hydrogen-bond acceptors (Lipinski definition) is 4. The van der Waals surface area contributed by atoms with Crippen molar-refractivity contribution in [3.05, 3.63) is 0 Å². The third-order valence-electron chi connectivity index (χ3n) is 3.07. The molecule has 122 valence electrons. The molecule has 20 heavy (non-hydrogen) atoms. The maximum absolute atomic E-state index is 5.85. The van der Waals surface area contributed by atoms with Crippen LogP contribution >= 0.6 is 0 Å². The zero-order chi connectivity index (χ0) is 15.4. The van der Waals surface area contributed by atoms with Crippen molar-refractivity contribution in [2.75, 3.05) is 26.4 Å². The van der Waals surface area contributed by atoms with Gasteiger partial charge in [0, 0.05) is 31.9 Å². The highest BCUT2D eigenvalue weighted by Gasteiger charge is 2.39. The molecule has 0 spiro atoms. The summed E-state index contributed by atoms with van der Waals surface area (Å²) in [5.74, 6) is 0.737. The number of rotatable bonds is 13. The fourth-order valence-electron chi connectivity index (χ4n) is 2.45. The Balaban J connectivity index is 4.11. The van der Waals surface area contributed by atoms with Gasteiger partial charge in [0.05, 0.1) is 0 Å². The lowest BCUT2D eigenvalue weighted by molar-refractivity contribution is 0.0707. The predicted molar refractivity (Wildman–Crippen MR) is 87.0 cm³/mol. The second kappa shape index (κ2) is 11.7. The number of hydrogen-bond donors (Lipinski definition) is 1. The first kappa shape index (κ1) is 20.1. The summed E-state index contributed by atoms with van der Waals surface area (Å²) in [6, 6.07) is 1.46. The van der Waals surface area contributed by atoms with Gasteiger partial charge < -0.3 is 18.6 Å². The summed E-state index contributed by atoms with van der Waals surface area (Å²) in [4.78, 5) is 0. The van der Waals surface area contributed by atoms with E-state index in [0.29, 0.717) is 25.9 Å². The standard InChI is InChI=1S/C15H35NO3Si/c1-7-17-20(18-8-2,19-9-3)12-10-11-16-15(6)13-14(4)5/h14-16H,7-13H2,1-6H3. The molecule has 4 nitrogen and oxygen atoms in total. The van der Waals surface area contributed by atoms with Crippen LogP contribution in [0.3, 0.4) is 0 Å². The van der Waals surface area contributed by atoms with Gasteiger partial charge in [-0.2, -0.15) is 0 Å². The molecule has 0 amide bonds. The minimum Gasteiger partial charge on any atom is -0.374 e. The van der Waals surface area contributed by atoms with Crippen LogP contribution in [0.2, 0.25) is 6.04 Å². The third-order valence-corrected chi connectivity index (χ3v) is 6.22. The lowest BCUT2D eigenvalue weighted by Crippen LogP contribution is -2.46. The fourth-order valence-corrected chi connectivity index (χ4v) is 5.06. The largest absolute Gasteiger partial charge is 0.500 e. The normalized spacial score (nSPS) is 13.9. The fraction of sp³-hybridized carbons (Fsp3) is 1.00. The Hall–Kier alpha value is 0.0569. The van der Waals surface area contributed by atoms with Crippen molar-refractivity contribution < 1.29 is 13.3 Å². The Morgan fingerprint density at radius 3 is 1.80 bits per heavy atom. The molecule has 0 heterocycles. The van der Waals surface area contributed by atoms with Crippen molar-refractivity contribution in [3.63, 3.8) is 0 Å². The second-order valence-corrected chi connectivity index (χ2v) is 8.30. The minimum atomic E-state index is -2.44. The van der Waals surface area contributed by atoms with E-state index >= 15 is 0 Å². The minimum absolute atomic E-state index is 0.567. The van der Waals surface area contributed by atoms with Crippen LogP contribution in [0.25, 0.3) is 0 Å². The zero-order valence-corrected chi connectivity index (χ0v) is 15.3. The molecule has 0 aliphatic rings. The molecule has 1 N–H and O–H groups in total. The summed E-state index contributed by atoms with van der Waals surface area (Å²) in [5, 5.41) is 3.57. The molecule has 0 saturated heterocycles. The van der Waals surface area contributed by atoms with Crippen LogP contribution in [0.4, 0.5) is 0 Å². The van der Waals surface area contributed by atoms with E-state index in [1.807, 2.05) is 20.8 Å². The van der Waals surface area contributed by atoms with Gasteiger partial charge in [-0.3, -0.25) is 0 Å². The van der Waals surface area contributed by atoms with Gasteiger partial charge in [0.25, 0.3) is 0 Å². The molecule has 0 aromatic carbocycles. The van der Waals surface area contributed by atoms with Gasteiger partial charge in [-0.1, -0.05) is 13.8 Å². The van der Waals surface area contributed by atoms with Crippen LogP contribution in [-0.4, -0.2) is 41.2 Å². The topological polar surface area (TPSA) is 39.7 Å². The van der Waals surface area contributed by atoms with Crippen LogP contribution in [0.1, 0.15) is 54.4 Å². The van der Waals surface area contributed by atoms with Crippen LogP contribution in [-0.2, 0) is 13.3 Å². The second-order valence-electron chi connectivity index (χ2n) is 5.57. The molecule has 1 unspecified atom stereocenters. The van der Waals surface area contributed by atoms with Gasteiger partial charge in [-0.25, -0.2) is 0 Å². The first-order chi connectivity index (χ1) is 9.49. The van der Waals surface area contributed by atoms with E-state index in [4.69, 9.17) is 13.3 Å². The Morgan fingerprint density at radius 2 is 1.40 bits per heavy atom. The van der Waals surface area contributed by atoms with Crippen LogP contribution in [0.5, 0.6) is 0 Å². The van der Waals surface area contributed by atoms with E-state index in [1.165, 1.54) is 6.42 Å². The van der Waals surface area contributed by atoms with Crippen molar-refractivity contribution in [1.82, 2.24) is 5.32 Å². The lowest BCUT2D eigenvalue weighted by atomic mass is 10.1. The molecule has 0 aromatic rings. The monoisotopic (exact) mass is 305 g/mol. The molecule has 0 rings (SSSR count). The summed E-state index contributed by atoms with van der Waals surface area (Å²) in [6.07, 6.45) is 2.25. The predicted octanol–water partition coefficient (Wildman–Crippen LogP) is 3.45. The van der Waals surface area contributed by atoms with Crippen molar-refractivity contribution >= 4 is 8.80 Å². The average Bonchev–Trinajstić information content (AvgIpc) is 2.35. The van der Waals surface area contributed by atoms with Crippen molar-refractivity contribution in [2.45, 2.75) is 66.5 Å². The Labute approximate surface area is 126 Å². The van der Waals surface area contributed by atoms with Gasteiger partial charge >= 0.3 is 8.80 Å². The Morgan fingerprint density at radius 1 is 0.900 bits per heavy atom. The molecular weight excluding hydrogens is 270 g/mol. The maximum atomic E-state index is 5.85. The maximum Gasteiger partial charge on any atom is 0.500 e. The Kier molecular flexibility index (Phi) is 11.7. The molecule has 0 bridgehead atoms. The molecule has 0 aliphatic carbocycles. The van der Waals surface area contributed by atoms with Gasteiger partial charge in [-0.15, -0.1) is 0 Å². The lowest BCUT2D eigenvalue weighted by Gasteiger charge is -2.28.